The molecule has 3 aliphatic rings. The first-order valence-electron chi connectivity index (χ1n) is 10.8. The zero-order chi connectivity index (χ0) is 22.0. The number of sulfonamides is 1. The molecule has 1 saturated heterocycles. The fraction of sp³-hybridized carbons (Fsp3) is 0.591. The maximum absolute atomic E-state index is 13.5. The van der Waals surface area contributed by atoms with Crippen LogP contribution in [0.1, 0.15) is 43.0 Å². The zero-order valence-electron chi connectivity index (χ0n) is 17.9. The van der Waals surface area contributed by atoms with Crippen molar-refractivity contribution in [1.29, 1.82) is 0 Å². The van der Waals surface area contributed by atoms with Gasteiger partial charge in [0.25, 0.3) is 0 Å². The lowest BCUT2D eigenvalue weighted by molar-refractivity contribution is -0.142. The van der Waals surface area contributed by atoms with Gasteiger partial charge in [-0.15, -0.1) is 0 Å². The number of hydrogen-bond acceptors (Lipinski definition) is 5. The van der Waals surface area contributed by atoms with Crippen LogP contribution in [0.4, 0.5) is 0 Å². The Kier molecular flexibility index (Phi) is 4.84. The van der Waals surface area contributed by atoms with Crippen LogP contribution in [-0.2, 0) is 20.2 Å². The van der Waals surface area contributed by atoms with Crippen LogP contribution >= 0.6 is 0 Å². The molecule has 2 aliphatic heterocycles. The number of benzene rings is 1. The van der Waals surface area contributed by atoms with Crippen LogP contribution in [0.25, 0.3) is 10.9 Å². The van der Waals surface area contributed by atoms with Crippen molar-refractivity contribution >= 4 is 26.8 Å². The van der Waals surface area contributed by atoms with E-state index in [1.165, 1.54) is 10.6 Å². The summed E-state index contributed by atoms with van der Waals surface area (Å²) in [4.78, 5) is 18.7. The number of aromatic nitrogens is 1. The van der Waals surface area contributed by atoms with E-state index < -0.39 is 21.5 Å². The van der Waals surface area contributed by atoms with Gasteiger partial charge >= 0.3 is 0 Å². The number of aromatic amines is 1. The highest BCUT2D eigenvalue weighted by Crippen LogP contribution is 2.49. The number of carbonyl (C=O) groups is 1. The first-order valence-corrected chi connectivity index (χ1v) is 12.7. The number of nitrogens with zero attached hydrogens (tertiary/aromatic N) is 2. The molecule has 0 unspecified atom stereocenters. The molecular formula is C22H29N3O5S. The van der Waals surface area contributed by atoms with Gasteiger partial charge in [0.15, 0.2) is 0 Å². The molecule has 2 fully saturated rings. The van der Waals surface area contributed by atoms with Gasteiger partial charge in [0.1, 0.15) is 5.75 Å². The monoisotopic (exact) mass is 447 g/mol. The molecule has 0 bridgehead atoms. The van der Waals surface area contributed by atoms with Gasteiger partial charge in [-0.3, -0.25) is 4.79 Å². The number of hydrogen-bond donors (Lipinski definition) is 2. The minimum atomic E-state index is -3.31. The van der Waals surface area contributed by atoms with E-state index in [0.717, 1.165) is 47.8 Å². The number of amides is 1. The minimum absolute atomic E-state index is 0.0109. The SMILES string of the molecule is COc1ccc2c3c([nH]c2c1)[C@H](CO)N(C(=O)C1CCCC1)CC31CN(S(C)(=O)=O)C1. The zero-order valence-corrected chi connectivity index (χ0v) is 18.7. The van der Waals surface area contributed by atoms with Crippen molar-refractivity contribution in [3.63, 3.8) is 0 Å². The smallest absolute Gasteiger partial charge is 0.226 e. The highest BCUT2D eigenvalue weighted by Gasteiger charge is 2.56. The van der Waals surface area contributed by atoms with Gasteiger partial charge in [-0.1, -0.05) is 12.8 Å². The van der Waals surface area contributed by atoms with Crippen LogP contribution in [0.15, 0.2) is 18.2 Å². The van der Waals surface area contributed by atoms with E-state index in [1.54, 1.807) is 7.11 Å². The predicted octanol–water partition coefficient (Wildman–Crippen LogP) is 1.76. The minimum Gasteiger partial charge on any atom is -0.497 e. The molecule has 1 aromatic carbocycles. The number of carbonyl (C=O) groups excluding carboxylic acids is 1. The van der Waals surface area contributed by atoms with Crippen LogP contribution in [0, 0.1) is 5.92 Å². The molecule has 1 atom stereocenters. The topological polar surface area (TPSA) is 103 Å². The molecule has 1 spiro atoms. The molecule has 168 valence electrons. The maximum atomic E-state index is 13.5. The van der Waals surface area contributed by atoms with E-state index in [9.17, 15) is 18.3 Å². The number of ether oxygens (including phenoxy) is 1. The highest BCUT2D eigenvalue weighted by molar-refractivity contribution is 7.88. The second-order valence-corrected chi connectivity index (χ2v) is 11.3. The van der Waals surface area contributed by atoms with Crippen LogP contribution in [0.5, 0.6) is 5.75 Å². The number of methoxy groups -OCH3 is 1. The number of rotatable bonds is 4. The first-order chi connectivity index (χ1) is 14.8. The van der Waals surface area contributed by atoms with Gasteiger partial charge in [-0.2, -0.15) is 0 Å². The van der Waals surface area contributed by atoms with Gasteiger partial charge in [0.2, 0.25) is 15.9 Å². The Morgan fingerprint density at radius 1 is 1.26 bits per heavy atom. The molecule has 2 aromatic rings. The lowest BCUT2D eigenvalue weighted by Gasteiger charge is -2.55. The average molecular weight is 448 g/mol. The second-order valence-electron chi connectivity index (χ2n) is 9.28. The molecule has 0 radical (unpaired) electrons. The summed E-state index contributed by atoms with van der Waals surface area (Å²) in [6.07, 6.45) is 5.10. The number of fused-ring (bicyclic) bond motifs is 4. The molecule has 1 aromatic heterocycles. The van der Waals surface area contributed by atoms with Crippen molar-refractivity contribution in [2.45, 2.75) is 37.1 Å². The number of aliphatic hydroxyl groups excluding tert-OH is 1. The molecule has 2 N–H and O–H groups in total. The summed E-state index contributed by atoms with van der Waals surface area (Å²) in [5.74, 6) is 0.782. The number of nitrogens with one attached hydrogen (secondary N) is 1. The molecule has 5 rings (SSSR count). The van der Waals surface area contributed by atoms with Gasteiger partial charge in [0, 0.05) is 53.6 Å². The summed E-state index contributed by atoms with van der Waals surface area (Å²) in [6.45, 7) is 0.918. The van der Waals surface area contributed by atoms with E-state index >= 15 is 0 Å². The average Bonchev–Trinajstić information content (AvgIpc) is 3.37. The summed E-state index contributed by atoms with van der Waals surface area (Å²) in [6, 6.07) is 5.32. The molecule has 1 aliphatic carbocycles. The molecule has 8 nitrogen and oxygen atoms in total. The van der Waals surface area contributed by atoms with Crippen molar-refractivity contribution in [3.05, 3.63) is 29.5 Å². The quantitative estimate of drug-likeness (QED) is 0.743. The van der Waals surface area contributed by atoms with Gasteiger partial charge in [-0.25, -0.2) is 12.7 Å². The van der Waals surface area contributed by atoms with Crippen LogP contribution in [-0.4, -0.2) is 73.2 Å². The third-order valence-corrected chi connectivity index (χ3v) is 8.53. The summed E-state index contributed by atoms with van der Waals surface area (Å²) in [7, 11) is -1.70. The normalized spacial score (nSPS) is 23.8. The molecule has 31 heavy (non-hydrogen) atoms. The fourth-order valence-electron chi connectivity index (χ4n) is 5.77. The predicted molar refractivity (Wildman–Crippen MR) is 116 cm³/mol. The van der Waals surface area contributed by atoms with Crippen molar-refractivity contribution in [3.8, 4) is 5.75 Å². The Labute approximate surface area is 182 Å². The lowest BCUT2D eigenvalue weighted by Crippen LogP contribution is -2.68. The van der Waals surface area contributed by atoms with Crippen molar-refractivity contribution in [1.82, 2.24) is 14.2 Å². The molecule has 1 saturated carbocycles. The Hall–Kier alpha value is -2.10. The second kappa shape index (κ2) is 7.21. The van der Waals surface area contributed by atoms with Crippen molar-refractivity contribution in [2.24, 2.45) is 5.92 Å². The number of aliphatic hydroxyl groups is 1. The van der Waals surface area contributed by atoms with Gasteiger partial charge in [-0.05, 0) is 30.5 Å². The highest BCUT2D eigenvalue weighted by atomic mass is 32.2. The van der Waals surface area contributed by atoms with Crippen LogP contribution < -0.4 is 4.74 Å². The summed E-state index contributed by atoms with van der Waals surface area (Å²) < 4.78 is 31.2. The van der Waals surface area contributed by atoms with Crippen LogP contribution in [0.2, 0.25) is 0 Å². The lowest BCUT2D eigenvalue weighted by atomic mass is 9.69. The van der Waals surface area contributed by atoms with E-state index in [2.05, 4.69) is 4.98 Å². The van der Waals surface area contributed by atoms with E-state index in [0.29, 0.717) is 25.4 Å². The Morgan fingerprint density at radius 2 is 1.97 bits per heavy atom. The van der Waals surface area contributed by atoms with Gasteiger partial charge in [0.05, 0.1) is 26.0 Å². The first kappa shape index (κ1) is 20.8. The Bertz CT molecular complexity index is 1130. The molecular weight excluding hydrogens is 418 g/mol. The summed E-state index contributed by atoms with van der Waals surface area (Å²) >= 11 is 0. The molecule has 1 amide bonds. The van der Waals surface area contributed by atoms with Crippen molar-refractivity contribution < 1.29 is 23.1 Å². The third kappa shape index (κ3) is 3.16. The summed E-state index contributed by atoms with van der Waals surface area (Å²) in [5.41, 5.74) is 2.23. The van der Waals surface area contributed by atoms with Gasteiger partial charge < -0.3 is 19.7 Å². The van der Waals surface area contributed by atoms with Crippen LogP contribution in [0.3, 0.4) is 0 Å². The fourth-order valence-corrected chi connectivity index (χ4v) is 6.73. The standard InChI is InChI=1S/C22H29N3O5S/c1-30-15-7-8-16-17(9-15)23-20-18(10-26)25(21(27)14-5-3-4-6-14)13-22(19(16)20)11-24(12-22)31(2,28)29/h7-9,14,18,23,26H,3-6,10-13H2,1-2H3/t18-/m0/s1. The number of H-pyrrole nitrogens is 1. The van der Waals surface area contributed by atoms with E-state index in [-0.39, 0.29) is 18.4 Å². The summed E-state index contributed by atoms with van der Waals surface area (Å²) in [5, 5.41) is 11.3. The largest absolute Gasteiger partial charge is 0.497 e. The maximum Gasteiger partial charge on any atom is 0.226 e. The third-order valence-electron chi connectivity index (χ3n) is 7.34. The Morgan fingerprint density at radius 3 is 2.58 bits per heavy atom. The Balaban J connectivity index is 1.64. The molecule has 3 heterocycles. The molecule has 9 heteroatoms. The van der Waals surface area contributed by atoms with Crippen molar-refractivity contribution in [2.75, 3.05) is 39.6 Å². The van der Waals surface area contributed by atoms with E-state index in [1.807, 2.05) is 23.1 Å². The van der Waals surface area contributed by atoms with E-state index in [4.69, 9.17) is 4.74 Å².